The Morgan fingerprint density at radius 3 is 2.40 bits per heavy atom. The second-order valence-corrected chi connectivity index (χ2v) is 5.57. The van der Waals surface area contributed by atoms with Gasteiger partial charge in [0.25, 0.3) is 0 Å². The summed E-state index contributed by atoms with van der Waals surface area (Å²) < 4.78 is 26.9. The molecule has 0 saturated carbocycles. The van der Waals surface area contributed by atoms with Gasteiger partial charge in [-0.1, -0.05) is 32.0 Å². The van der Waals surface area contributed by atoms with Crippen molar-refractivity contribution in [1.82, 2.24) is 0 Å². The summed E-state index contributed by atoms with van der Waals surface area (Å²) in [7, 11) is -3.44. The van der Waals surface area contributed by atoms with Gasteiger partial charge >= 0.3 is 10.1 Å². The van der Waals surface area contributed by atoms with E-state index in [0.717, 1.165) is 18.2 Å². The maximum Gasteiger partial charge on any atom is 0.306 e. The summed E-state index contributed by atoms with van der Waals surface area (Å²) in [6.45, 7) is 4.16. The van der Waals surface area contributed by atoms with Crippen molar-refractivity contribution in [3.63, 3.8) is 0 Å². The molecule has 0 fully saturated rings. The van der Waals surface area contributed by atoms with E-state index in [9.17, 15) is 8.42 Å². The average Bonchev–Trinajstić information content (AvgIpc) is 2.05. The molecule has 0 spiro atoms. The van der Waals surface area contributed by atoms with Crippen LogP contribution < -0.4 is 4.18 Å². The maximum absolute atomic E-state index is 11.0. The lowest BCUT2D eigenvalue weighted by atomic mass is 10.0. The van der Waals surface area contributed by atoms with Gasteiger partial charge in [-0.05, 0) is 24.0 Å². The van der Waals surface area contributed by atoms with Crippen LogP contribution in [0.5, 0.6) is 5.75 Å². The molecule has 15 heavy (non-hydrogen) atoms. The molecule has 1 aromatic rings. The van der Waals surface area contributed by atoms with Crippen LogP contribution in [-0.4, -0.2) is 14.7 Å². The van der Waals surface area contributed by atoms with Crippen LogP contribution in [-0.2, 0) is 16.5 Å². The normalized spacial score (nSPS) is 11.7. The van der Waals surface area contributed by atoms with Gasteiger partial charge in [0, 0.05) is 0 Å². The largest absolute Gasteiger partial charge is 0.382 e. The number of benzene rings is 1. The van der Waals surface area contributed by atoms with Crippen LogP contribution in [0.3, 0.4) is 0 Å². The van der Waals surface area contributed by atoms with Crippen molar-refractivity contribution in [2.24, 2.45) is 5.92 Å². The third kappa shape index (κ3) is 4.34. The van der Waals surface area contributed by atoms with Crippen LogP contribution in [0.25, 0.3) is 0 Å². The molecule has 0 atom stereocenters. The lowest BCUT2D eigenvalue weighted by Gasteiger charge is -2.10. The molecule has 1 rings (SSSR count). The van der Waals surface area contributed by atoms with Crippen molar-refractivity contribution in [1.29, 1.82) is 0 Å². The first-order valence-electron chi connectivity index (χ1n) is 4.86. The Balaban J connectivity index is 2.96. The van der Waals surface area contributed by atoms with Crippen molar-refractivity contribution in [2.45, 2.75) is 20.3 Å². The Labute approximate surface area is 91.2 Å². The van der Waals surface area contributed by atoms with Gasteiger partial charge in [0.1, 0.15) is 5.75 Å². The second-order valence-electron chi connectivity index (χ2n) is 3.99. The SMILES string of the molecule is CC(C)Cc1ccccc1OS(C)(=O)=O. The maximum atomic E-state index is 11.0. The van der Waals surface area contributed by atoms with Crippen molar-refractivity contribution >= 4 is 10.1 Å². The third-order valence-corrected chi connectivity index (χ3v) is 2.32. The van der Waals surface area contributed by atoms with Gasteiger partial charge < -0.3 is 4.18 Å². The number of rotatable bonds is 4. The Kier molecular flexibility index (Phi) is 3.74. The highest BCUT2D eigenvalue weighted by Crippen LogP contribution is 2.22. The van der Waals surface area contributed by atoms with Gasteiger partial charge in [-0.2, -0.15) is 8.42 Å². The molecule has 0 aliphatic rings. The van der Waals surface area contributed by atoms with E-state index >= 15 is 0 Å². The van der Waals surface area contributed by atoms with Crippen LogP contribution in [0, 0.1) is 5.92 Å². The molecule has 0 aliphatic heterocycles. The van der Waals surface area contributed by atoms with E-state index in [0.29, 0.717) is 11.7 Å². The van der Waals surface area contributed by atoms with Crippen molar-refractivity contribution in [3.8, 4) is 5.75 Å². The van der Waals surface area contributed by atoms with Crippen LogP contribution in [0.2, 0.25) is 0 Å². The monoisotopic (exact) mass is 228 g/mol. The van der Waals surface area contributed by atoms with Crippen LogP contribution in [0.1, 0.15) is 19.4 Å². The van der Waals surface area contributed by atoms with Gasteiger partial charge in [-0.25, -0.2) is 0 Å². The van der Waals surface area contributed by atoms with Gasteiger partial charge in [-0.3, -0.25) is 0 Å². The predicted molar refractivity (Wildman–Crippen MR) is 60.5 cm³/mol. The average molecular weight is 228 g/mol. The highest BCUT2D eigenvalue weighted by atomic mass is 32.2. The summed E-state index contributed by atoms with van der Waals surface area (Å²) >= 11 is 0. The van der Waals surface area contributed by atoms with E-state index in [2.05, 4.69) is 13.8 Å². The van der Waals surface area contributed by atoms with Gasteiger partial charge in [0.15, 0.2) is 0 Å². The van der Waals surface area contributed by atoms with Gasteiger partial charge in [0.2, 0.25) is 0 Å². The fourth-order valence-corrected chi connectivity index (χ4v) is 1.85. The second kappa shape index (κ2) is 4.66. The molecule has 84 valence electrons. The Morgan fingerprint density at radius 2 is 1.87 bits per heavy atom. The van der Waals surface area contributed by atoms with E-state index in [-0.39, 0.29) is 0 Å². The fraction of sp³-hybridized carbons (Fsp3) is 0.455. The molecule has 0 heterocycles. The molecule has 0 radical (unpaired) electrons. The topological polar surface area (TPSA) is 43.4 Å². The molecule has 0 amide bonds. The molecule has 0 aromatic heterocycles. The van der Waals surface area contributed by atoms with Crippen LogP contribution in [0.15, 0.2) is 24.3 Å². The zero-order valence-electron chi connectivity index (χ0n) is 9.23. The summed E-state index contributed by atoms with van der Waals surface area (Å²) in [6.07, 6.45) is 1.87. The van der Waals surface area contributed by atoms with E-state index < -0.39 is 10.1 Å². The van der Waals surface area contributed by atoms with E-state index in [1.807, 2.05) is 12.1 Å². The summed E-state index contributed by atoms with van der Waals surface area (Å²) in [5.41, 5.74) is 0.929. The molecule has 0 bridgehead atoms. The molecule has 3 nitrogen and oxygen atoms in total. The Hall–Kier alpha value is -1.03. The number of para-hydroxylation sites is 1. The zero-order chi connectivity index (χ0) is 11.5. The van der Waals surface area contributed by atoms with Gasteiger partial charge in [-0.15, -0.1) is 0 Å². The summed E-state index contributed by atoms with van der Waals surface area (Å²) in [5, 5.41) is 0. The number of hydrogen-bond acceptors (Lipinski definition) is 3. The molecule has 0 saturated heterocycles. The molecule has 0 aliphatic carbocycles. The van der Waals surface area contributed by atoms with Crippen molar-refractivity contribution in [3.05, 3.63) is 29.8 Å². The standard InChI is InChI=1S/C11H16O3S/c1-9(2)8-10-6-4-5-7-11(10)14-15(3,12)13/h4-7,9H,8H2,1-3H3. The molecule has 0 unspecified atom stereocenters. The highest BCUT2D eigenvalue weighted by Gasteiger charge is 2.09. The lowest BCUT2D eigenvalue weighted by Crippen LogP contribution is -2.08. The minimum atomic E-state index is -3.44. The fourth-order valence-electron chi connectivity index (χ4n) is 1.36. The number of hydrogen-bond donors (Lipinski definition) is 0. The van der Waals surface area contributed by atoms with E-state index in [1.165, 1.54) is 0 Å². The molecule has 1 aromatic carbocycles. The first kappa shape index (κ1) is 12.0. The minimum Gasteiger partial charge on any atom is -0.382 e. The highest BCUT2D eigenvalue weighted by molar-refractivity contribution is 7.86. The Morgan fingerprint density at radius 1 is 1.27 bits per heavy atom. The minimum absolute atomic E-state index is 0.439. The van der Waals surface area contributed by atoms with E-state index in [1.54, 1.807) is 12.1 Å². The lowest BCUT2D eigenvalue weighted by molar-refractivity contribution is 0.486. The zero-order valence-corrected chi connectivity index (χ0v) is 10.0. The third-order valence-electron chi connectivity index (χ3n) is 1.84. The molecule has 4 heteroatoms. The molecular formula is C11H16O3S. The molecule has 0 N–H and O–H groups in total. The quantitative estimate of drug-likeness (QED) is 0.742. The van der Waals surface area contributed by atoms with Crippen molar-refractivity contribution < 1.29 is 12.6 Å². The van der Waals surface area contributed by atoms with Crippen LogP contribution in [0.4, 0.5) is 0 Å². The first-order valence-corrected chi connectivity index (χ1v) is 6.67. The summed E-state index contributed by atoms with van der Waals surface area (Å²) in [6, 6.07) is 7.22. The summed E-state index contributed by atoms with van der Waals surface area (Å²) in [4.78, 5) is 0. The first-order chi connectivity index (χ1) is 6.88. The molecular weight excluding hydrogens is 212 g/mol. The van der Waals surface area contributed by atoms with Crippen LogP contribution >= 0.6 is 0 Å². The summed E-state index contributed by atoms with van der Waals surface area (Å²) in [5.74, 6) is 0.906. The van der Waals surface area contributed by atoms with E-state index in [4.69, 9.17) is 4.18 Å². The Bertz CT molecular complexity index is 421. The van der Waals surface area contributed by atoms with Crippen molar-refractivity contribution in [2.75, 3.05) is 6.26 Å². The smallest absolute Gasteiger partial charge is 0.306 e. The van der Waals surface area contributed by atoms with Gasteiger partial charge in [0.05, 0.1) is 6.26 Å². The predicted octanol–water partition coefficient (Wildman–Crippen LogP) is 2.22.